The Balaban J connectivity index is 1.95. The summed E-state index contributed by atoms with van der Waals surface area (Å²) >= 11 is 0. The second-order valence-electron chi connectivity index (χ2n) is 4.66. The molecule has 2 amide bonds. The predicted molar refractivity (Wildman–Crippen MR) is 54.9 cm³/mol. The van der Waals surface area contributed by atoms with Crippen molar-refractivity contribution in [2.75, 3.05) is 6.54 Å². The Morgan fingerprint density at radius 3 is 2.50 bits per heavy atom. The summed E-state index contributed by atoms with van der Waals surface area (Å²) in [6.45, 7) is 2.13. The molecule has 0 spiro atoms. The molecule has 2 aliphatic rings. The average molecular weight is 228 g/mol. The van der Waals surface area contributed by atoms with Crippen LogP contribution in [0.5, 0.6) is 0 Å². The number of β-amino-alcohol motifs (C(OH)–C–C–N with tert-alkyl or cyclic N) is 1. The van der Waals surface area contributed by atoms with Crippen LogP contribution in [-0.2, 0) is 4.79 Å². The van der Waals surface area contributed by atoms with Crippen LogP contribution < -0.4 is 5.32 Å². The molecule has 1 saturated heterocycles. The monoisotopic (exact) mass is 228 g/mol. The third-order valence-electron chi connectivity index (χ3n) is 3.24. The SMILES string of the molecule is CC1CC1NC(=O)N1C[C@@H](O)C[C@H]1C(=O)O. The normalized spacial score (nSPS) is 37.2. The first-order valence-corrected chi connectivity index (χ1v) is 5.47. The fourth-order valence-electron chi connectivity index (χ4n) is 2.04. The molecule has 0 aromatic carbocycles. The highest BCUT2D eigenvalue weighted by Crippen LogP contribution is 2.29. The van der Waals surface area contributed by atoms with Gasteiger partial charge >= 0.3 is 12.0 Å². The van der Waals surface area contributed by atoms with E-state index in [0.717, 1.165) is 6.42 Å². The minimum atomic E-state index is -1.06. The summed E-state index contributed by atoms with van der Waals surface area (Å²) in [4.78, 5) is 23.8. The standard InChI is InChI=1S/C10H16N2O4/c1-5-2-7(5)11-10(16)12-4-6(13)3-8(12)9(14)15/h5-8,13H,2-4H2,1H3,(H,11,16)(H,14,15)/t5?,6-,7?,8-/m0/s1. The topological polar surface area (TPSA) is 89.9 Å². The maximum absolute atomic E-state index is 11.7. The summed E-state index contributed by atoms with van der Waals surface area (Å²) < 4.78 is 0. The summed E-state index contributed by atoms with van der Waals surface area (Å²) in [6.07, 6.45) is 0.325. The van der Waals surface area contributed by atoms with Crippen molar-refractivity contribution in [3.63, 3.8) is 0 Å². The van der Waals surface area contributed by atoms with Crippen molar-refractivity contribution in [1.82, 2.24) is 10.2 Å². The molecule has 1 aliphatic carbocycles. The molecule has 0 bridgehead atoms. The van der Waals surface area contributed by atoms with E-state index in [0.29, 0.717) is 5.92 Å². The molecule has 3 N–H and O–H groups in total. The first-order valence-electron chi connectivity index (χ1n) is 5.47. The average Bonchev–Trinajstić information content (AvgIpc) is 2.74. The number of rotatable bonds is 2. The maximum Gasteiger partial charge on any atom is 0.326 e. The van der Waals surface area contributed by atoms with Crippen molar-refractivity contribution in [2.45, 2.75) is 38.0 Å². The second-order valence-corrected chi connectivity index (χ2v) is 4.66. The number of aliphatic hydroxyl groups is 1. The number of carboxylic acids is 1. The third-order valence-corrected chi connectivity index (χ3v) is 3.24. The molecular weight excluding hydrogens is 212 g/mol. The Labute approximate surface area is 93.2 Å². The van der Waals surface area contributed by atoms with Crippen LogP contribution in [0.25, 0.3) is 0 Å². The van der Waals surface area contributed by atoms with E-state index in [-0.39, 0.29) is 25.0 Å². The van der Waals surface area contributed by atoms with E-state index in [9.17, 15) is 14.7 Å². The smallest absolute Gasteiger partial charge is 0.326 e. The van der Waals surface area contributed by atoms with Crippen LogP contribution in [0.1, 0.15) is 19.8 Å². The number of carboxylic acid groups (broad SMARTS) is 1. The van der Waals surface area contributed by atoms with Gasteiger partial charge in [-0.2, -0.15) is 0 Å². The van der Waals surface area contributed by atoms with Crippen LogP contribution in [0.15, 0.2) is 0 Å². The molecule has 6 heteroatoms. The largest absolute Gasteiger partial charge is 0.480 e. The zero-order valence-electron chi connectivity index (χ0n) is 9.09. The first-order chi connectivity index (χ1) is 7.49. The van der Waals surface area contributed by atoms with Crippen LogP contribution in [-0.4, -0.2) is 51.8 Å². The van der Waals surface area contributed by atoms with Gasteiger partial charge in [0.1, 0.15) is 6.04 Å². The van der Waals surface area contributed by atoms with Crippen molar-refractivity contribution in [1.29, 1.82) is 0 Å². The van der Waals surface area contributed by atoms with E-state index in [2.05, 4.69) is 5.32 Å². The molecule has 2 fully saturated rings. The summed E-state index contributed by atoms with van der Waals surface area (Å²) in [5.41, 5.74) is 0. The van der Waals surface area contributed by atoms with E-state index in [1.54, 1.807) is 0 Å². The van der Waals surface area contributed by atoms with Crippen LogP contribution in [0.4, 0.5) is 4.79 Å². The third kappa shape index (κ3) is 2.11. The minimum Gasteiger partial charge on any atom is -0.480 e. The number of urea groups is 1. The van der Waals surface area contributed by atoms with Gasteiger partial charge in [0.25, 0.3) is 0 Å². The minimum absolute atomic E-state index is 0.101. The van der Waals surface area contributed by atoms with Gasteiger partial charge in [0.15, 0.2) is 0 Å². The highest BCUT2D eigenvalue weighted by molar-refractivity contribution is 5.83. The van der Waals surface area contributed by atoms with Crippen LogP contribution >= 0.6 is 0 Å². The van der Waals surface area contributed by atoms with Crippen LogP contribution in [0, 0.1) is 5.92 Å². The molecule has 16 heavy (non-hydrogen) atoms. The lowest BCUT2D eigenvalue weighted by Gasteiger charge is -2.21. The van der Waals surface area contributed by atoms with Gasteiger partial charge in [-0.15, -0.1) is 0 Å². The van der Waals surface area contributed by atoms with Crippen LogP contribution in [0.3, 0.4) is 0 Å². The number of nitrogens with one attached hydrogen (secondary N) is 1. The molecule has 0 aromatic heterocycles. The van der Waals surface area contributed by atoms with E-state index in [1.165, 1.54) is 4.90 Å². The molecule has 1 aliphatic heterocycles. The van der Waals surface area contributed by atoms with Gasteiger partial charge < -0.3 is 20.4 Å². The predicted octanol–water partition coefficient (Wildman–Crippen LogP) is -0.376. The van der Waals surface area contributed by atoms with Gasteiger partial charge in [-0.25, -0.2) is 9.59 Å². The highest BCUT2D eigenvalue weighted by atomic mass is 16.4. The van der Waals surface area contributed by atoms with Gasteiger partial charge in [0.05, 0.1) is 6.10 Å². The fraction of sp³-hybridized carbons (Fsp3) is 0.800. The quantitative estimate of drug-likeness (QED) is 0.601. The van der Waals surface area contributed by atoms with Gasteiger partial charge in [0.2, 0.25) is 0 Å². The number of hydrogen-bond acceptors (Lipinski definition) is 3. The summed E-state index contributed by atoms with van der Waals surface area (Å²) in [5.74, 6) is -0.588. The molecule has 1 heterocycles. The number of likely N-dealkylation sites (tertiary alicyclic amines) is 1. The number of carbonyl (C=O) groups is 2. The number of nitrogens with zero attached hydrogens (tertiary/aromatic N) is 1. The Hall–Kier alpha value is -1.30. The number of aliphatic hydroxyl groups excluding tert-OH is 1. The van der Waals surface area contributed by atoms with Crippen molar-refractivity contribution < 1.29 is 19.8 Å². The Morgan fingerprint density at radius 1 is 1.38 bits per heavy atom. The van der Waals surface area contributed by atoms with Crippen molar-refractivity contribution in [3.8, 4) is 0 Å². The number of amides is 2. The Bertz CT molecular complexity index is 320. The highest BCUT2D eigenvalue weighted by Gasteiger charge is 2.41. The summed E-state index contributed by atoms with van der Waals surface area (Å²) in [7, 11) is 0. The zero-order valence-corrected chi connectivity index (χ0v) is 9.09. The summed E-state index contributed by atoms with van der Waals surface area (Å²) in [6, 6.07) is -1.11. The van der Waals surface area contributed by atoms with E-state index >= 15 is 0 Å². The second kappa shape index (κ2) is 3.93. The van der Waals surface area contributed by atoms with Crippen LogP contribution in [0.2, 0.25) is 0 Å². The molecular formula is C10H16N2O4. The fourth-order valence-corrected chi connectivity index (χ4v) is 2.04. The van der Waals surface area contributed by atoms with Gasteiger partial charge in [-0.3, -0.25) is 0 Å². The van der Waals surface area contributed by atoms with Gasteiger partial charge in [-0.05, 0) is 12.3 Å². The first kappa shape index (κ1) is 11.2. The lowest BCUT2D eigenvalue weighted by atomic mass is 10.2. The number of carbonyl (C=O) groups excluding carboxylic acids is 1. The van der Waals surface area contributed by atoms with Gasteiger partial charge in [0, 0.05) is 19.0 Å². The molecule has 0 radical (unpaired) electrons. The lowest BCUT2D eigenvalue weighted by Crippen LogP contribution is -2.47. The lowest BCUT2D eigenvalue weighted by molar-refractivity contribution is -0.141. The molecule has 1 saturated carbocycles. The van der Waals surface area contributed by atoms with E-state index < -0.39 is 18.1 Å². The van der Waals surface area contributed by atoms with E-state index in [1.807, 2.05) is 6.92 Å². The Kier molecular flexibility index (Phi) is 2.75. The van der Waals surface area contributed by atoms with Crippen molar-refractivity contribution in [3.05, 3.63) is 0 Å². The Morgan fingerprint density at radius 2 is 2.00 bits per heavy atom. The molecule has 0 aromatic rings. The molecule has 2 unspecified atom stereocenters. The molecule has 2 rings (SSSR count). The van der Waals surface area contributed by atoms with E-state index in [4.69, 9.17) is 5.11 Å². The maximum atomic E-state index is 11.7. The molecule has 4 atom stereocenters. The van der Waals surface area contributed by atoms with Gasteiger partial charge in [-0.1, -0.05) is 6.92 Å². The number of hydrogen-bond donors (Lipinski definition) is 3. The van der Waals surface area contributed by atoms with Crippen molar-refractivity contribution in [2.24, 2.45) is 5.92 Å². The number of aliphatic carboxylic acids is 1. The zero-order chi connectivity index (χ0) is 11.9. The van der Waals surface area contributed by atoms with Crippen molar-refractivity contribution >= 4 is 12.0 Å². The molecule has 90 valence electrons. The summed E-state index contributed by atoms with van der Waals surface area (Å²) in [5, 5.41) is 21.1. The molecule has 6 nitrogen and oxygen atoms in total.